The second-order valence-electron chi connectivity index (χ2n) is 8.31. The van der Waals surface area contributed by atoms with Crippen LogP contribution in [0.2, 0.25) is 0 Å². The van der Waals surface area contributed by atoms with E-state index in [1.807, 2.05) is 24.3 Å². The van der Waals surface area contributed by atoms with Crippen molar-refractivity contribution >= 4 is 28.1 Å². The first-order valence-corrected chi connectivity index (χ1v) is 10.2. The van der Waals surface area contributed by atoms with Crippen LogP contribution in [0.4, 0.5) is 11.5 Å². The van der Waals surface area contributed by atoms with Crippen LogP contribution in [0, 0.1) is 16.7 Å². The van der Waals surface area contributed by atoms with Gasteiger partial charge in [-0.05, 0) is 42.5 Å². The molecule has 6 nitrogen and oxygen atoms in total. The second-order valence-corrected chi connectivity index (χ2v) is 8.31. The predicted octanol–water partition coefficient (Wildman–Crippen LogP) is 3.38. The molecular weight excluding hydrogens is 360 g/mol. The van der Waals surface area contributed by atoms with E-state index in [4.69, 9.17) is 15.9 Å². The number of nitrogens with zero attached hydrogens (tertiary/aromatic N) is 4. The zero-order valence-electron chi connectivity index (χ0n) is 16.9. The molecule has 0 amide bonds. The third-order valence-electron chi connectivity index (χ3n) is 6.04. The number of fused-ring (bicyclic) bond motifs is 2. The highest BCUT2D eigenvalue weighted by Gasteiger charge is 2.30. The lowest BCUT2D eigenvalue weighted by Gasteiger charge is -2.31. The smallest absolute Gasteiger partial charge is 0.157 e. The first-order chi connectivity index (χ1) is 14.0. The Hall–Kier alpha value is -3.15. The van der Waals surface area contributed by atoms with Crippen LogP contribution in [0.1, 0.15) is 24.0 Å². The number of hydrogen-bond donors (Lipinski definition) is 2. The van der Waals surface area contributed by atoms with E-state index in [2.05, 4.69) is 42.1 Å². The summed E-state index contributed by atoms with van der Waals surface area (Å²) in [6, 6.07) is 14.7. The average Bonchev–Trinajstić information content (AvgIpc) is 3.58. The van der Waals surface area contributed by atoms with Crippen molar-refractivity contribution in [3.05, 3.63) is 59.1 Å². The van der Waals surface area contributed by atoms with Gasteiger partial charge in [0.25, 0.3) is 0 Å². The van der Waals surface area contributed by atoms with Gasteiger partial charge in [-0.15, -0.1) is 5.10 Å². The molecule has 1 aromatic heterocycles. The predicted molar refractivity (Wildman–Crippen MR) is 117 cm³/mol. The third kappa shape index (κ3) is 3.09. The summed E-state index contributed by atoms with van der Waals surface area (Å²) in [5.41, 5.74) is 4.24. The van der Waals surface area contributed by atoms with Gasteiger partial charge in [0.2, 0.25) is 0 Å². The molecule has 0 radical (unpaired) electrons. The van der Waals surface area contributed by atoms with E-state index in [1.165, 1.54) is 16.8 Å². The minimum Gasteiger partial charge on any atom is -0.378 e. The quantitative estimate of drug-likeness (QED) is 0.535. The van der Waals surface area contributed by atoms with Crippen LogP contribution in [0.3, 0.4) is 0 Å². The summed E-state index contributed by atoms with van der Waals surface area (Å²) < 4.78 is 1.56. The Balaban J connectivity index is 1.61. The highest BCUT2D eigenvalue weighted by molar-refractivity contribution is 5.94. The van der Waals surface area contributed by atoms with Crippen molar-refractivity contribution < 1.29 is 0 Å². The van der Waals surface area contributed by atoms with Gasteiger partial charge in [-0.1, -0.05) is 30.3 Å². The van der Waals surface area contributed by atoms with Crippen molar-refractivity contribution in [3.63, 3.8) is 0 Å². The van der Waals surface area contributed by atoms with Gasteiger partial charge < -0.3 is 9.80 Å². The first kappa shape index (κ1) is 17.9. The van der Waals surface area contributed by atoms with Crippen molar-refractivity contribution in [2.45, 2.75) is 25.8 Å². The number of anilines is 2. The number of aromatic nitrogens is 2. The molecule has 1 fully saturated rings. The van der Waals surface area contributed by atoms with Crippen LogP contribution in [0.25, 0.3) is 10.8 Å². The summed E-state index contributed by atoms with van der Waals surface area (Å²) in [5.74, 6) is 1.58. The SMILES string of the molecule is CN(C)c1ccc2c(c1)CN(c1nn(C(=N)C3CC3)c(=N)c3ccccc13)CC2. The molecule has 0 spiro atoms. The normalized spacial score (nSPS) is 16.0. The minimum absolute atomic E-state index is 0.246. The average molecular weight is 387 g/mol. The molecule has 0 atom stereocenters. The maximum absolute atomic E-state index is 8.63. The summed E-state index contributed by atoms with van der Waals surface area (Å²) in [6.45, 7) is 1.68. The van der Waals surface area contributed by atoms with Gasteiger partial charge in [0.05, 0.1) is 0 Å². The Bertz CT molecular complexity index is 1170. The van der Waals surface area contributed by atoms with Crippen LogP contribution in [0.5, 0.6) is 0 Å². The van der Waals surface area contributed by atoms with Gasteiger partial charge in [0.1, 0.15) is 5.84 Å². The Morgan fingerprint density at radius 3 is 2.55 bits per heavy atom. The topological polar surface area (TPSA) is 72.0 Å². The molecule has 148 valence electrons. The van der Waals surface area contributed by atoms with Crippen molar-refractivity contribution in [2.75, 3.05) is 30.4 Å². The highest BCUT2D eigenvalue weighted by Crippen LogP contribution is 2.32. The van der Waals surface area contributed by atoms with Gasteiger partial charge in [0, 0.05) is 49.6 Å². The van der Waals surface area contributed by atoms with E-state index in [1.54, 1.807) is 4.68 Å². The summed E-state index contributed by atoms with van der Waals surface area (Å²) in [7, 11) is 4.13. The summed E-state index contributed by atoms with van der Waals surface area (Å²) in [6.07, 6.45) is 3.03. The van der Waals surface area contributed by atoms with Gasteiger partial charge in [0.15, 0.2) is 11.3 Å². The molecule has 0 saturated heterocycles. The third-order valence-corrected chi connectivity index (χ3v) is 6.04. The van der Waals surface area contributed by atoms with E-state index in [-0.39, 0.29) is 5.92 Å². The second kappa shape index (κ2) is 6.72. The van der Waals surface area contributed by atoms with Crippen LogP contribution >= 0.6 is 0 Å². The number of benzene rings is 2. The molecule has 0 unspecified atom stereocenters. The lowest BCUT2D eigenvalue weighted by molar-refractivity contribution is 0.696. The minimum atomic E-state index is 0.246. The fourth-order valence-corrected chi connectivity index (χ4v) is 4.14. The van der Waals surface area contributed by atoms with Crippen LogP contribution in [0.15, 0.2) is 42.5 Å². The van der Waals surface area contributed by atoms with Crippen LogP contribution in [-0.4, -0.2) is 36.3 Å². The lowest BCUT2D eigenvalue weighted by Crippen LogP contribution is -2.36. The molecule has 1 aliphatic heterocycles. The van der Waals surface area contributed by atoms with Crippen LogP contribution in [-0.2, 0) is 13.0 Å². The molecule has 6 heteroatoms. The number of hydrogen-bond acceptors (Lipinski definition) is 5. The van der Waals surface area contributed by atoms with Crippen molar-refractivity contribution in [2.24, 2.45) is 5.92 Å². The zero-order valence-corrected chi connectivity index (χ0v) is 16.9. The fourth-order valence-electron chi connectivity index (χ4n) is 4.14. The molecule has 2 aromatic carbocycles. The maximum atomic E-state index is 8.63. The van der Waals surface area contributed by atoms with Gasteiger partial charge in [-0.3, -0.25) is 10.8 Å². The zero-order chi connectivity index (χ0) is 20.1. The Kier molecular flexibility index (Phi) is 4.15. The van der Waals surface area contributed by atoms with E-state index in [9.17, 15) is 0 Å². The summed E-state index contributed by atoms with van der Waals surface area (Å²) in [4.78, 5) is 4.44. The van der Waals surface area contributed by atoms with Crippen LogP contribution < -0.4 is 15.3 Å². The van der Waals surface area contributed by atoms with E-state index >= 15 is 0 Å². The fraction of sp³-hybridized carbons (Fsp3) is 0.348. The highest BCUT2D eigenvalue weighted by atomic mass is 15.4. The largest absolute Gasteiger partial charge is 0.378 e. The molecule has 3 aromatic rings. The van der Waals surface area contributed by atoms with Gasteiger partial charge in [-0.2, -0.15) is 4.68 Å². The van der Waals surface area contributed by atoms with Crippen molar-refractivity contribution in [1.82, 2.24) is 9.78 Å². The molecule has 1 saturated carbocycles. The molecule has 1 aliphatic carbocycles. The maximum Gasteiger partial charge on any atom is 0.157 e. The molecule has 29 heavy (non-hydrogen) atoms. The monoisotopic (exact) mass is 386 g/mol. The standard InChI is InChI=1S/C23H26N6/c1-27(2)18-10-9-15-11-12-28(14-17(15)13-18)23-20-6-4-3-5-19(20)22(25)29(26-23)21(24)16-7-8-16/h3-6,9-10,13,16,24-25H,7-8,11-12,14H2,1-2H3. The van der Waals surface area contributed by atoms with Crippen molar-refractivity contribution in [3.8, 4) is 0 Å². The Morgan fingerprint density at radius 1 is 1.07 bits per heavy atom. The summed E-state index contributed by atoms with van der Waals surface area (Å²) >= 11 is 0. The molecule has 2 N–H and O–H groups in total. The molecular formula is C23H26N6. The molecule has 2 aliphatic rings. The van der Waals surface area contributed by atoms with Crippen molar-refractivity contribution in [1.29, 1.82) is 10.8 Å². The van der Waals surface area contributed by atoms with E-state index in [0.717, 1.165) is 48.9 Å². The Morgan fingerprint density at radius 2 is 1.83 bits per heavy atom. The number of rotatable bonds is 3. The van der Waals surface area contributed by atoms with Gasteiger partial charge >= 0.3 is 0 Å². The van der Waals surface area contributed by atoms with Gasteiger partial charge in [-0.25, -0.2) is 0 Å². The summed E-state index contributed by atoms with van der Waals surface area (Å²) in [5, 5.41) is 23.8. The first-order valence-electron chi connectivity index (χ1n) is 10.2. The van der Waals surface area contributed by atoms with E-state index in [0.29, 0.717) is 11.3 Å². The van der Waals surface area contributed by atoms with E-state index < -0.39 is 0 Å². The molecule has 0 bridgehead atoms. The lowest BCUT2D eigenvalue weighted by atomic mass is 9.98. The molecule has 5 rings (SSSR count). The Labute approximate surface area is 170 Å². The molecule has 2 heterocycles. The number of nitrogens with one attached hydrogen (secondary N) is 2.